The standard InChI is InChI=1S/C9H17NO4S/c1-7(6-11)10-9(12)8-4-2-3-5-15(8,13)14/h7-8,11H,2-6H2,1H3,(H,10,12)/t7-,8?/m0/s1. The fourth-order valence-corrected chi connectivity index (χ4v) is 3.44. The highest BCUT2D eigenvalue weighted by molar-refractivity contribution is 7.92. The Kier molecular flexibility index (Phi) is 4.10. The van der Waals surface area contributed by atoms with Crippen molar-refractivity contribution >= 4 is 15.7 Å². The maximum absolute atomic E-state index is 11.6. The number of nitrogens with one attached hydrogen (secondary N) is 1. The summed E-state index contributed by atoms with van der Waals surface area (Å²) in [6.45, 7) is 1.45. The molecule has 15 heavy (non-hydrogen) atoms. The third-order valence-electron chi connectivity index (χ3n) is 2.53. The number of carbonyl (C=O) groups excluding carboxylic acids is 1. The molecule has 2 N–H and O–H groups in total. The first-order valence-corrected chi connectivity index (χ1v) is 6.81. The molecule has 88 valence electrons. The first-order chi connectivity index (χ1) is 6.97. The fraction of sp³-hybridized carbons (Fsp3) is 0.889. The van der Waals surface area contributed by atoms with E-state index >= 15 is 0 Å². The molecule has 0 aromatic rings. The van der Waals surface area contributed by atoms with E-state index in [1.165, 1.54) is 0 Å². The Labute approximate surface area is 89.8 Å². The molecule has 1 amide bonds. The van der Waals surface area contributed by atoms with Gasteiger partial charge in [-0.3, -0.25) is 4.79 Å². The van der Waals surface area contributed by atoms with Crippen molar-refractivity contribution in [1.29, 1.82) is 0 Å². The zero-order valence-corrected chi connectivity index (χ0v) is 9.59. The first-order valence-electron chi connectivity index (χ1n) is 5.10. The van der Waals surface area contributed by atoms with E-state index in [1.54, 1.807) is 6.92 Å². The molecule has 1 heterocycles. The van der Waals surface area contributed by atoms with E-state index in [4.69, 9.17) is 5.11 Å². The summed E-state index contributed by atoms with van der Waals surface area (Å²) in [6.07, 6.45) is 1.80. The smallest absolute Gasteiger partial charge is 0.238 e. The highest BCUT2D eigenvalue weighted by Crippen LogP contribution is 2.19. The maximum atomic E-state index is 11.6. The second kappa shape index (κ2) is 4.94. The van der Waals surface area contributed by atoms with Gasteiger partial charge in [-0.1, -0.05) is 6.42 Å². The summed E-state index contributed by atoms with van der Waals surface area (Å²) in [4.78, 5) is 11.6. The summed E-state index contributed by atoms with van der Waals surface area (Å²) >= 11 is 0. The zero-order valence-electron chi connectivity index (χ0n) is 8.77. The van der Waals surface area contributed by atoms with Crippen molar-refractivity contribution in [1.82, 2.24) is 5.32 Å². The van der Waals surface area contributed by atoms with Crippen LogP contribution in [0.25, 0.3) is 0 Å². The van der Waals surface area contributed by atoms with Gasteiger partial charge in [0.15, 0.2) is 9.84 Å². The van der Waals surface area contributed by atoms with Gasteiger partial charge in [0.05, 0.1) is 12.4 Å². The van der Waals surface area contributed by atoms with Crippen LogP contribution in [0.2, 0.25) is 0 Å². The zero-order chi connectivity index (χ0) is 11.5. The van der Waals surface area contributed by atoms with Crippen molar-refractivity contribution in [2.75, 3.05) is 12.4 Å². The molecule has 2 atom stereocenters. The Morgan fingerprint density at radius 2 is 2.20 bits per heavy atom. The molecule has 5 nitrogen and oxygen atoms in total. The molecule has 0 aliphatic carbocycles. The molecule has 0 radical (unpaired) electrons. The molecule has 6 heteroatoms. The Morgan fingerprint density at radius 1 is 1.53 bits per heavy atom. The van der Waals surface area contributed by atoms with E-state index in [2.05, 4.69) is 5.32 Å². The second-order valence-corrected chi connectivity index (χ2v) is 6.25. The number of carbonyl (C=O) groups is 1. The molecule has 0 bridgehead atoms. The minimum Gasteiger partial charge on any atom is -0.394 e. The molecule has 1 unspecified atom stereocenters. The summed E-state index contributed by atoms with van der Waals surface area (Å²) in [5.74, 6) is -0.380. The second-order valence-electron chi connectivity index (χ2n) is 3.94. The van der Waals surface area contributed by atoms with Crippen LogP contribution in [0.1, 0.15) is 26.2 Å². The van der Waals surface area contributed by atoms with Crippen LogP contribution >= 0.6 is 0 Å². The van der Waals surface area contributed by atoms with Crippen LogP contribution in [0, 0.1) is 0 Å². The average Bonchev–Trinajstić information content (AvgIpc) is 2.16. The van der Waals surface area contributed by atoms with Crippen molar-refractivity contribution in [3.8, 4) is 0 Å². The Morgan fingerprint density at radius 3 is 2.73 bits per heavy atom. The Balaban J connectivity index is 2.65. The molecule has 1 rings (SSSR count). The van der Waals surface area contributed by atoms with Crippen LogP contribution < -0.4 is 5.32 Å². The summed E-state index contributed by atoms with van der Waals surface area (Å²) in [6, 6.07) is -0.394. The number of hydrogen-bond acceptors (Lipinski definition) is 4. The number of aliphatic hydroxyl groups is 1. The van der Waals surface area contributed by atoms with Gasteiger partial charge in [0.25, 0.3) is 0 Å². The normalized spacial score (nSPS) is 26.9. The van der Waals surface area contributed by atoms with E-state index in [9.17, 15) is 13.2 Å². The van der Waals surface area contributed by atoms with Gasteiger partial charge >= 0.3 is 0 Å². The third kappa shape index (κ3) is 3.17. The van der Waals surface area contributed by atoms with Gasteiger partial charge in [-0.15, -0.1) is 0 Å². The molecule has 0 saturated carbocycles. The van der Waals surface area contributed by atoms with Crippen LogP contribution in [-0.2, 0) is 14.6 Å². The molecule has 1 aliphatic rings. The predicted octanol–water partition coefficient (Wildman–Crippen LogP) is -0.549. The molecule has 0 aromatic carbocycles. The van der Waals surface area contributed by atoms with E-state index in [-0.39, 0.29) is 12.4 Å². The Hall–Kier alpha value is -0.620. The summed E-state index contributed by atoms with van der Waals surface area (Å²) in [5.41, 5.74) is 0. The van der Waals surface area contributed by atoms with Crippen molar-refractivity contribution in [3.05, 3.63) is 0 Å². The van der Waals surface area contributed by atoms with Crippen molar-refractivity contribution < 1.29 is 18.3 Å². The van der Waals surface area contributed by atoms with Gasteiger partial charge in [-0.25, -0.2) is 8.42 Å². The average molecular weight is 235 g/mol. The number of rotatable bonds is 3. The van der Waals surface area contributed by atoms with E-state index in [0.29, 0.717) is 12.8 Å². The quantitative estimate of drug-likeness (QED) is 0.687. The first kappa shape index (κ1) is 12.4. The van der Waals surface area contributed by atoms with Crippen LogP contribution in [0.5, 0.6) is 0 Å². The third-order valence-corrected chi connectivity index (χ3v) is 4.71. The van der Waals surface area contributed by atoms with Gasteiger partial charge in [-0.05, 0) is 19.8 Å². The minimum absolute atomic E-state index is 0.0958. The Bertz CT molecular complexity index is 325. The van der Waals surface area contributed by atoms with Crippen LogP contribution in [0.4, 0.5) is 0 Å². The maximum Gasteiger partial charge on any atom is 0.238 e. The summed E-state index contributed by atoms with van der Waals surface area (Å²) in [5, 5.41) is 10.3. The molecule has 0 spiro atoms. The van der Waals surface area contributed by atoms with E-state index in [1.807, 2.05) is 0 Å². The highest BCUT2D eigenvalue weighted by atomic mass is 32.2. The van der Waals surface area contributed by atoms with Gasteiger partial charge in [0.2, 0.25) is 5.91 Å². The van der Waals surface area contributed by atoms with Crippen LogP contribution in [0.3, 0.4) is 0 Å². The highest BCUT2D eigenvalue weighted by Gasteiger charge is 2.34. The lowest BCUT2D eigenvalue weighted by Gasteiger charge is -2.22. The number of aliphatic hydroxyl groups excluding tert-OH is 1. The molecule has 1 saturated heterocycles. The summed E-state index contributed by atoms with van der Waals surface area (Å²) < 4.78 is 23.1. The predicted molar refractivity (Wildman–Crippen MR) is 56.1 cm³/mol. The van der Waals surface area contributed by atoms with Gasteiger partial charge in [0.1, 0.15) is 5.25 Å². The van der Waals surface area contributed by atoms with Crippen LogP contribution in [-0.4, -0.2) is 43.1 Å². The fourth-order valence-electron chi connectivity index (χ4n) is 1.63. The van der Waals surface area contributed by atoms with Crippen molar-refractivity contribution in [2.24, 2.45) is 0 Å². The van der Waals surface area contributed by atoms with Gasteiger partial charge in [-0.2, -0.15) is 0 Å². The lowest BCUT2D eigenvalue weighted by molar-refractivity contribution is -0.121. The largest absolute Gasteiger partial charge is 0.394 e. The summed E-state index contributed by atoms with van der Waals surface area (Å²) in [7, 11) is -3.27. The minimum atomic E-state index is -3.27. The number of hydrogen-bond donors (Lipinski definition) is 2. The van der Waals surface area contributed by atoms with Crippen molar-refractivity contribution in [3.63, 3.8) is 0 Å². The lowest BCUT2D eigenvalue weighted by Crippen LogP contribution is -2.46. The molecule has 1 aliphatic heterocycles. The molecular weight excluding hydrogens is 218 g/mol. The van der Waals surface area contributed by atoms with Gasteiger partial charge in [0, 0.05) is 6.04 Å². The van der Waals surface area contributed by atoms with Crippen LogP contribution in [0.15, 0.2) is 0 Å². The van der Waals surface area contributed by atoms with Gasteiger partial charge < -0.3 is 10.4 Å². The monoisotopic (exact) mass is 235 g/mol. The molecule has 1 fully saturated rings. The SMILES string of the molecule is C[C@@H](CO)NC(=O)C1CCCCS1(=O)=O. The number of amides is 1. The van der Waals surface area contributed by atoms with E-state index in [0.717, 1.165) is 6.42 Å². The molecule has 0 aromatic heterocycles. The van der Waals surface area contributed by atoms with E-state index < -0.39 is 27.0 Å². The van der Waals surface area contributed by atoms with Crippen molar-refractivity contribution in [2.45, 2.75) is 37.5 Å². The lowest BCUT2D eigenvalue weighted by atomic mass is 10.1. The topological polar surface area (TPSA) is 83.5 Å². The number of sulfone groups is 1. The molecular formula is C9H17NO4S.